The first-order valence-electron chi connectivity index (χ1n) is 6.43. The van der Waals surface area contributed by atoms with Crippen LogP contribution in [-0.2, 0) is 0 Å². The number of hydrogen-bond acceptors (Lipinski definition) is 7. The smallest absolute Gasteiger partial charge is 0.342 e. The van der Waals surface area contributed by atoms with E-state index in [4.69, 9.17) is 10.2 Å². The average Bonchev–Trinajstić information content (AvgIpc) is 2.53. The van der Waals surface area contributed by atoms with E-state index in [0.29, 0.717) is 11.8 Å². The van der Waals surface area contributed by atoms with Gasteiger partial charge in [-0.15, -0.1) is 0 Å². The predicted molar refractivity (Wildman–Crippen MR) is 84.2 cm³/mol. The zero-order valence-corrected chi connectivity index (χ0v) is 12.9. The molecule has 2 aromatic carbocycles. The van der Waals surface area contributed by atoms with Crippen LogP contribution in [0.2, 0.25) is 0 Å². The normalized spacial score (nSPS) is 10.2. The van der Waals surface area contributed by atoms with E-state index in [0.717, 1.165) is 12.1 Å². The summed E-state index contributed by atoms with van der Waals surface area (Å²) in [5.41, 5.74) is -2.61. The fourth-order valence-electron chi connectivity index (χ4n) is 2.05. The number of para-hydroxylation sites is 2. The molecule has 0 unspecified atom stereocenters. The molecule has 10 nitrogen and oxygen atoms in total. The van der Waals surface area contributed by atoms with E-state index in [1.54, 1.807) is 0 Å². The van der Waals surface area contributed by atoms with Gasteiger partial charge in [0.05, 0.1) is 19.6 Å². The summed E-state index contributed by atoms with van der Waals surface area (Å²) in [5.74, 6) is -3.05. The molecular formula is C14H8N2O8S. The van der Waals surface area contributed by atoms with Crippen molar-refractivity contribution in [1.29, 1.82) is 0 Å². The maximum atomic E-state index is 11.2. The Balaban J connectivity index is 2.66. The Morgan fingerprint density at radius 1 is 0.800 bits per heavy atom. The van der Waals surface area contributed by atoms with E-state index >= 15 is 0 Å². The van der Waals surface area contributed by atoms with Gasteiger partial charge in [0.1, 0.15) is 11.1 Å². The molecule has 0 bridgehead atoms. The van der Waals surface area contributed by atoms with E-state index in [9.17, 15) is 29.8 Å². The van der Waals surface area contributed by atoms with Crippen molar-refractivity contribution in [1.82, 2.24) is 0 Å². The average molecular weight is 364 g/mol. The molecule has 0 atom stereocenters. The lowest BCUT2D eigenvalue weighted by molar-refractivity contribution is -0.388. The number of aromatic carboxylic acids is 2. The zero-order valence-electron chi connectivity index (χ0n) is 12.1. The van der Waals surface area contributed by atoms with E-state index < -0.39 is 44.3 Å². The highest BCUT2D eigenvalue weighted by Crippen LogP contribution is 2.41. The van der Waals surface area contributed by atoms with Crippen LogP contribution in [0.15, 0.2) is 46.2 Å². The first kappa shape index (κ1) is 17.9. The summed E-state index contributed by atoms with van der Waals surface area (Å²) in [6.45, 7) is 0. The fourth-order valence-corrected chi connectivity index (χ4v) is 3.14. The molecule has 2 aromatic rings. The Labute approximate surface area is 143 Å². The van der Waals surface area contributed by atoms with Crippen molar-refractivity contribution in [3.05, 3.63) is 67.8 Å². The molecule has 2 rings (SSSR count). The van der Waals surface area contributed by atoms with E-state index in [-0.39, 0.29) is 9.79 Å². The van der Waals surface area contributed by atoms with Crippen LogP contribution in [0.5, 0.6) is 0 Å². The molecule has 0 aromatic heterocycles. The van der Waals surface area contributed by atoms with E-state index in [1.807, 2.05) is 0 Å². The largest absolute Gasteiger partial charge is 0.477 e. The highest BCUT2D eigenvalue weighted by molar-refractivity contribution is 7.99. The van der Waals surface area contributed by atoms with Gasteiger partial charge >= 0.3 is 11.9 Å². The summed E-state index contributed by atoms with van der Waals surface area (Å²) in [7, 11) is 0. The quantitative estimate of drug-likeness (QED) is 0.579. The number of hydrogen-bond donors (Lipinski definition) is 2. The maximum Gasteiger partial charge on any atom is 0.342 e. The number of nitro groups is 2. The molecule has 0 aliphatic heterocycles. The van der Waals surface area contributed by atoms with Gasteiger partial charge in [-0.25, -0.2) is 9.59 Å². The van der Waals surface area contributed by atoms with Crippen molar-refractivity contribution < 1.29 is 29.6 Å². The van der Waals surface area contributed by atoms with Crippen LogP contribution < -0.4 is 0 Å². The fraction of sp³-hybridized carbons (Fsp3) is 0. The standard InChI is InChI=1S/C14H8N2O8S/c17-13(18)7-3-1-5-9(11(7)15(21)22)25-10-6-2-4-8(14(19)20)12(10)16(23)24/h1-6H,(H,17,18)(H,19,20). The second kappa shape index (κ2) is 6.97. The van der Waals surface area contributed by atoms with Crippen molar-refractivity contribution in [2.24, 2.45) is 0 Å². The Bertz CT molecular complexity index is 838. The van der Waals surface area contributed by atoms with Gasteiger partial charge < -0.3 is 10.2 Å². The summed E-state index contributed by atoms with van der Waals surface area (Å²) in [6, 6.07) is 7.04. The maximum absolute atomic E-state index is 11.2. The van der Waals surface area contributed by atoms with Gasteiger partial charge in [0, 0.05) is 0 Å². The minimum absolute atomic E-state index is 0.157. The molecule has 128 valence electrons. The minimum atomic E-state index is -1.53. The van der Waals surface area contributed by atoms with Crippen LogP contribution in [0.25, 0.3) is 0 Å². The number of carbonyl (C=O) groups is 2. The lowest BCUT2D eigenvalue weighted by Gasteiger charge is -2.07. The van der Waals surface area contributed by atoms with Gasteiger partial charge in [0.25, 0.3) is 11.4 Å². The van der Waals surface area contributed by atoms with Crippen molar-refractivity contribution in [2.75, 3.05) is 0 Å². The number of rotatable bonds is 6. The molecule has 0 saturated heterocycles. The molecule has 2 N–H and O–H groups in total. The number of nitrogens with zero attached hydrogens (tertiary/aromatic N) is 2. The SMILES string of the molecule is O=C(O)c1cccc(Sc2cccc(C(=O)O)c2[N+](=O)[O-])c1[N+](=O)[O-]. The molecule has 0 radical (unpaired) electrons. The van der Waals surface area contributed by atoms with Crippen LogP contribution in [-0.4, -0.2) is 32.0 Å². The lowest BCUT2D eigenvalue weighted by Crippen LogP contribution is -2.05. The number of carboxylic acids is 2. The molecular weight excluding hydrogens is 356 g/mol. The minimum Gasteiger partial charge on any atom is -0.477 e. The highest BCUT2D eigenvalue weighted by atomic mass is 32.2. The van der Waals surface area contributed by atoms with Crippen LogP contribution in [0.1, 0.15) is 20.7 Å². The van der Waals surface area contributed by atoms with Crippen LogP contribution in [0, 0.1) is 20.2 Å². The monoisotopic (exact) mass is 364 g/mol. The van der Waals surface area contributed by atoms with E-state index in [2.05, 4.69) is 0 Å². The van der Waals surface area contributed by atoms with Crippen molar-refractivity contribution >= 4 is 35.1 Å². The van der Waals surface area contributed by atoms with Crippen molar-refractivity contribution in [2.45, 2.75) is 9.79 Å². The summed E-state index contributed by atoms with van der Waals surface area (Å²) >= 11 is 0.551. The van der Waals surface area contributed by atoms with Crippen molar-refractivity contribution in [3.8, 4) is 0 Å². The molecule has 0 spiro atoms. The molecule has 11 heteroatoms. The summed E-state index contributed by atoms with van der Waals surface area (Å²) < 4.78 is 0. The topological polar surface area (TPSA) is 161 Å². The number of benzene rings is 2. The highest BCUT2D eigenvalue weighted by Gasteiger charge is 2.29. The Morgan fingerprint density at radius 2 is 1.16 bits per heavy atom. The number of carboxylic acid groups (broad SMARTS) is 2. The molecule has 25 heavy (non-hydrogen) atoms. The lowest BCUT2D eigenvalue weighted by atomic mass is 10.2. The van der Waals surface area contributed by atoms with Gasteiger partial charge in [-0.05, 0) is 24.3 Å². The van der Waals surface area contributed by atoms with Gasteiger partial charge in [0.2, 0.25) is 0 Å². The van der Waals surface area contributed by atoms with Gasteiger partial charge in [0.15, 0.2) is 0 Å². The van der Waals surface area contributed by atoms with Crippen LogP contribution >= 0.6 is 11.8 Å². The predicted octanol–water partition coefficient (Wildman–Crippen LogP) is 3.05. The van der Waals surface area contributed by atoms with Crippen molar-refractivity contribution in [3.63, 3.8) is 0 Å². The van der Waals surface area contributed by atoms with Crippen LogP contribution in [0.4, 0.5) is 11.4 Å². The molecule has 0 fully saturated rings. The first-order valence-corrected chi connectivity index (χ1v) is 7.25. The second-order valence-corrected chi connectivity index (χ2v) is 5.61. The van der Waals surface area contributed by atoms with E-state index in [1.165, 1.54) is 24.3 Å². The molecule has 0 aliphatic carbocycles. The second-order valence-electron chi connectivity index (χ2n) is 4.53. The third-order valence-corrected chi connectivity index (χ3v) is 4.14. The Hall–Kier alpha value is -3.47. The van der Waals surface area contributed by atoms with Gasteiger partial charge in [-0.1, -0.05) is 23.9 Å². The summed E-state index contributed by atoms with van der Waals surface area (Å²) in [4.78, 5) is 42.6. The Morgan fingerprint density at radius 3 is 1.44 bits per heavy atom. The summed E-state index contributed by atoms with van der Waals surface area (Å²) in [6.07, 6.45) is 0. The molecule has 0 saturated carbocycles. The first-order chi connectivity index (χ1) is 11.7. The molecule has 0 amide bonds. The molecule has 0 heterocycles. The third-order valence-electron chi connectivity index (χ3n) is 3.04. The Kier molecular flexibility index (Phi) is 4.98. The molecule has 0 aliphatic rings. The van der Waals surface area contributed by atoms with Crippen LogP contribution in [0.3, 0.4) is 0 Å². The summed E-state index contributed by atoms with van der Waals surface area (Å²) in [5, 5.41) is 40.6. The zero-order chi connectivity index (χ0) is 18.7. The van der Waals surface area contributed by atoms with Gasteiger partial charge in [-0.2, -0.15) is 0 Å². The number of nitro benzene ring substituents is 2. The van der Waals surface area contributed by atoms with Gasteiger partial charge in [-0.3, -0.25) is 20.2 Å². The third kappa shape index (κ3) is 3.55.